The average molecular weight is 304 g/mol. The lowest BCUT2D eigenvalue weighted by Crippen LogP contribution is -2.37. The molecule has 0 unspecified atom stereocenters. The molecule has 0 N–H and O–H groups in total. The second kappa shape index (κ2) is 6.57. The van der Waals surface area contributed by atoms with Gasteiger partial charge in [0.2, 0.25) is 0 Å². The zero-order valence-electron chi connectivity index (χ0n) is 12.9. The van der Waals surface area contributed by atoms with Gasteiger partial charge in [0.15, 0.2) is 0 Å². The van der Waals surface area contributed by atoms with Crippen LogP contribution in [0.2, 0.25) is 0 Å². The number of benzene rings is 2. The van der Waals surface area contributed by atoms with Gasteiger partial charge >= 0.3 is 0 Å². The minimum atomic E-state index is -3.02. The van der Waals surface area contributed by atoms with Gasteiger partial charge in [-0.1, -0.05) is 36.4 Å². The minimum absolute atomic E-state index is 0.463. The van der Waals surface area contributed by atoms with Gasteiger partial charge in [-0.05, 0) is 24.3 Å². The smallest absolute Gasteiger partial charge is 0.261 e. The highest BCUT2D eigenvalue weighted by atomic mass is 31.2. The second-order valence-electron chi connectivity index (χ2n) is 6.07. The second-order valence-corrected chi connectivity index (χ2v) is 8.46. The highest BCUT2D eigenvalue weighted by Crippen LogP contribution is 2.44. The van der Waals surface area contributed by atoms with E-state index in [0.29, 0.717) is 6.61 Å². The van der Waals surface area contributed by atoms with Gasteiger partial charge < -0.3 is 9.01 Å². The maximum absolute atomic E-state index is 13.5. The zero-order valence-corrected chi connectivity index (χ0v) is 13.8. The fourth-order valence-electron chi connectivity index (χ4n) is 1.99. The van der Waals surface area contributed by atoms with Gasteiger partial charge in [-0.25, -0.2) is 0 Å². The molecule has 0 aliphatic heterocycles. The summed E-state index contributed by atoms with van der Waals surface area (Å²) in [4.78, 5) is 0. The Morgan fingerprint density at radius 1 is 0.857 bits per heavy atom. The first-order chi connectivity index (χ1) is 9.92. The molecule has 112 valence electrons. The molecule has 3 nitrogen and oxygen atoms in total. The summed E-state index contributed by atoms with van der Waals surface area (Å²) in [6.07, 6.45) is 0. The standard InChI is InChI=1S/C17H23NO2P/c1-18(2,3)14-15-20-21(19,16-10-6-4-7-11-16)17-12-8-5-9-13-17/h4-13H,14-15H2,1-3H3/q+1. The molecule has 2 aromatic rings. The predicted molar refractivity (Wildman–Crippen MR) is 88.6 cm³/mol. The Balaban J connectivity index is 2.30. The lowest BCUT2D eigenvalue weighted by atomic mass is 10.4. The predicted octanol–water partition coefficient (Wildman–Crippen LogP) is 2.64. The van der Waals surface area contributed by atoms with E-state index in [1.54, 1.807) is 0 Å². The maximum atomic E-state index is 13.5. The summed E-state index contributed by atoms with van der Waals surface area (Å²) in [5.41, 5.74) is 0. The van der Waals surface area contributed by atoms with Crippen LogP contribution in [0.1, 0.15) is 0 Å². The molecule has 0 bridgehead atoms. The van der Waals surface area contributed by atoms with Crippen molar-refractivity contribution in [1.29, 1.82) is 0 Å². The number of quaternary nitrogens is 1. The Hall–Kier alpha value is -1.41. The fraction of sp³-hybridized carbons (Fsp3) is 0.294. The molecule has 0 fully saturated rings. The van der Waals surface area contributed by atoms with Crippen molar-refractivity contribution in [2.45, 2.75) is 0 Å². The third-order valence-electron chi connectivity index (χ3n) is 3.23. The zero-order chi connectivity index (χ0) is 15.3. The Bertz CT molecular complexity index is 562. The number of rotatable bonds is 6. The highest BCUT2D eigenvalue weighted by molar-refractivity contribution is 7.74. The number of nitrogens with zero attached hydrogens (tertiary/aromatic N) is 1. The van der Waals surface area contributed by atoms with Crippen molar-refractivity contribution >= 4 is 18.0 Å². The molecule has 0 aliphatic rings. The lowest BCUT2D eigenvalue weighted by Gasteiger charge is -2.26. The van der Waals surface area contributed by atoms with Gasteiger partial charge in [-0.3, -0.25) is 4.57 Å². The fourth-order valence-corrected chi connectivity index (χ4v) is 4.05. The highest BCUT2D eigenvalue weighted by Gasteiger charge is 2.28. The first-order valence-corrected chi connectivity index (χ1v) is 8.70. The lowest BCUT2D eigenvalue weighted by molar-refractivity contribution is -0.870. The normalized spacial score (nSPS) is 12.3. The van der Waals surface area contributed by atoms with Crippen LogP contribution in [0.25, 0.3) is 0 Å². The van der Waals surface area contributed by atoms with Gasteiger partial charge in [0.1, 0.15) is 13.2 Å². The van der Waals surface area contributed by atoms with Crippen LogP contribution in [0.15, 0.2) is 60.7 Å². The molecule has 0 saturated carbocycles. The number of hydrogen-bond acceptors (Lipinski definition) is 2. The van der Waals surface area contributed by atoms with Crippen LogP contribution in [-0.2, 0) is 9.09 Å². The summed E-state index contributed by atoms with van der Waals surface area (Å²) in [6.45, 7) is 1.27. The van der Waals surface area contributed by atoms with Crippen LogP contribution in [-0.4, -0.2) is 38.8 Å². The van der Waals surface area contributed by atoms with Crippen molar-refractivity contribution in [3.8, 4) is 0 Å². The molecular weight excluding hydrogens is 281 g/mol. The molecule has 0 radical (unpaired) electrons. The molecule has 0 saturated heterocycles. The SMILES string of the molecule is C[N+](C)(C)CCOP(=O)(c1ccccc1)c1ccccc1. The van der Waals surface area contributed by atoms with E-state index in [1.807, 2.05) is 60.7 Å². The van der Waals surface area contributed by atoms with Crippen LogP contribution in [0.4, 0.5) is 0 Å². The van der Waals surface area contributed by atoms with Gasteiger partial charge in [0, 0.05) is 10.6 Å². The molecule has 0 aliphatic carbocycles. The number of likely N-dealkylation sites (N-methyl/N-ethyl adjacent to an activating group) is 1. The van der Waals surface area contributed by atoms with Crippen molar-refractivity contribution < 1.29 is 13.6 Å². The molecule has 0 heterocycles. The van der Waals surface area contributed by atoms with Crippen molar-refractivity contribution in [2.75, 3.05) is 34.3 Å². The van der Waals surface area contributed by atoms with Gasteiger partial charge in [0.25, 0.3) is 7.37 Å². The Labute approximate surface area is 127 Å². The summed E-state index contributed by atoms with van der Waals surface area (Å²) in [6, 6.07) is 18.9. The van der Waals surface area contributed by atoms with Crippen molar-refractivity contribution in [1.82, 2.24) is 0 Å². The first-order valence-electron chi connectivity index (χ1n) is 7.08. The Morgan fingerprint density at radius 3 is 1.67 bits per heavy atom. The van der Waals surface area contributed by atoms with Crippen molar-refractivity contribution in [2.24, 2.45) is 0 Å². The number of hydrogen-bond donors (Lipinski definition) is 0. The quantitative estimate of drug-likeness (QED) is 0.606. The van der Waals surface area contributed by atoms with E-state index in [1.165, 1.54) is 0 Å². The Kier molecular flexibility index (Phi) is 5.00. The van der Waals surface area contributed by atoms with Crippen molar-refractivity contribution in [3.63, 3.8) is 0 Å². The maximum Gasteiger partial charge on any atom is 0.261 e. The summed E-state index contributed by atoms with van der Waals surface area (Å²) in [5.74, 6) is 0. The summed E-state index contributed by atoms with van der Waals surface area (Å²) >= 11 is 0. The summed E-state index contributed by atoms with van der Waals surface area (Å²) in [5, 5.41) is 1.50. The molecule has 0 spiro atoms. The summed E-state index contributed by atoms with van der Waals surface area (Å²) in [7, 11) is 3.27. The first kappa shape index (κ1) is 16.0. The van der Waals surface area contributed by atoms with Gasteiger partial charge in [-0.2, -0.15) is 0 Å². The molecule has 2 aromatic carbocycles. The molecular formula is C17H23NO2P+. The third kappa shape index (κ3) is 4.28. The monoisotopic (exact) mass is 304 g/mol. The van der Waals surface area contributed by atoms with Crippen LogP contribution in [0.5, 0.6) is 0 Å². The average Bonchev–Trinajstić information content (AvgIpc) is 2.47. The van der Waals surface area contributed by atoms with Crippen LogP contribution in [0, 0.1) is 0 Å². The van der Waals surface area contributed by atoms with Crippen LogP contribution < -0.4 is 10.6 Å². The Morgan fingerprint density at radius 2 is 1.29 bits per heavy atom. The largest absolute Gasteiger partial charge is 0.329 e. The topological polar surface area (TPSA) is 26.3 Å². The minimum Gasteiger partial charge on any atom is -0.329 e. The van der Waals surface area contributed by atoms with E-state index in [2.05, 4.69) is 21.1 Å². The van der Waals surface area contributed by atoms with E-state index in [-0.39, 0.29) is 0 Å². The molecule has 2 rings (SSSR count). The molecule has 4 heteroatoms. The molecule has 21 heavy (non-hydrogen) atoms. The molecule has 0 aromatic heterocycles. The van der Waals surface area contributed by atoms with Gasteiger partial charge in [0.05, 0.1) is 21.1 Å². The van der Waals surface area contributed by atoms with E-state index in [9.17, 15) is 4.57 Å². The molecule has 0 atom stereocenters. The summed E-state index contributed by atoms with van der Waals surface area (Å²) < 4.78 is 20.2. The third-order valence-corrected chi connectivity index (χ3v) is 5.73. The van der Waals surface area contributed by atoms with E-state index in [0.717, 1.165) is 21.6 Å². The van der Waals surface area contributed by atoms with E-state index in [4.69, 9.17) is 4.52 Å². The van der Waals surface area contributed by atoms with E-state index < -0.39 is 7.37 Å². The molecule has 0 amide bonds. The van der Waals surface area contributed by atoms with Gasteiger partial charge in [-0.15, -0.1) is 0 Å². The van der Waals surface area contributed by atoms with E-state index >= 15 is 0 Å². The van der Waals surface area contributed by atoms with Crippen LogP contribution >= 0.6 is 7.37 Å². The van der Waals surface area contributed by atoms with Crippen molar-refractivity contribution in [3.05, 3.63) is 60.7 Å². The van der Waals surface area contributed by atoms with Crippen LogP contribution in [0.3, 0.4) is 0 Å².